The predicted molar refractivity (Wildman–Crippen MR) is 34.8 cm³/mol. The van der Waals surface area contributed by atoms with E-state index in [0.29, 0.717) is 0 Å². The maximum atomic E-state index is 10.7. The molecule has 2 amide bonds. The Morgan fingerprint density at radius 3 is 2.23 bits per heavy atom. The van der Waals surface area contributed by atoms with Gasteiger partial charge in [0.05, 0.1) is 0 Å². The van der Waals surface area contributed by atoms with Gasteiger partial charge >= 0.3 is 0 Å². The van der Waals surface area contributed by atoms with Crippen LogP contribution in [0.4, 0.5) is 0 Å². The fourth-order valence-corrected chi connectivity index (χ4v) is 0.805. The Hall–Kier alpha value is -1.06. The SMILES string of the molecule is O=C1NC(=O)[C@@H](O)N(O)[C@@H](O)[C@@H]1O. The van der Waals surface area contributed by atoms with Crippen molar-refractivity contribution in [2.75, 3.05) is 0 Å². The van der Waals surface area contributed by atoms with Gasteiger partial charge < -0.3 is 20.5 Å². The molecule has 1 rings (SSSR count). The summed E-state index contributed by atoms with van der Waals surface area (Å²) in [6.45, 7) is 0. The Morgan fingerprint density at radius 2 is 1.69 bits per heavy atom. The first-order chi connectivity index (χ1) is 5.95. The number of nitrogens with one attached hydrogen (secondary N) is 1. The number of imide groups is 1. The van der Waals surface area contributed by atoms with Gasteiger partial charge in [-0.05, 0) is 0 Å². The van der Waals surface area contributed by atoms with Crippen molar-refractivity contribution < 1.29 is 30.1 Å². The fourth-order valence-electron chi connectivity index (χ4n) is 0.805. The molecule has 0 unspecified atom stereocenters. The lowest BCUT2D eigenvalue weighted by Gasteiger charge is -2.22. The highest BCUT2D eigenvalue weighted by molar-refractivity contribution is 5.99. The lowest BCUT2D eigenvalue weighted by atomic mass is 10.3. The van der Waals surface area contributed by atoms with Crippen molar-refractivity contribution in [3.8, 4) is 0 Å². The maximum absolute atomic E-state index is 10.7. The van der Waals surface area contributed by atoms with Crippen LogP contribution in [0.15, 0.2) is 0 Å². The van der Waals surface area contributed by atoms with E-state index in [2.05, 4.69) is 0 Å². The molecular formula is C5H8N2O6. The molecule has 0 radical (unpaired) electrons. The maximum Gasteiger partial charge on any atom is 0.273 e. The van der Waals surface area contributed by atoms with E-state index in [-0.39, 0.29) is 5.06 Å². The van der Waals surface area contributed by atoms with Crippen LogP contribution in [0.2, 0.25) is 0 Å². The van der Waals surface area contributed by atoms with Gasteiger partial charge in [0, 0.05) is 0 Å². The molecule has 1 aliphatic rings. The zero-order valence-electron chi connectivity index (χ0n) is 6.28. The third-order valence-corrected chi connectivity index (χ3v) is 1.55. The zero-order chi connectivity index (χ0) is 10.2. The molecule has 0 spiro atoms. The molecule has 1 aliphatic heterocycles. The van der Waals surface area contributed by atoms with E-state index in [1.54, 1.807) is 5.32 Å². The second kappa shape index (κ2) is 3.36. The summed E-state index contributed by atoms with van der Waals surface area (Å²) < 4.78 is 0. The average molecular weight is 192 g/mol. The summed E-state index contributed by atoms with van der Waals surface area (Å²) in [5.41, 5.74) is 0. The summed E-state index contributed by atoms with van der Waals surface area (Å²) in [6, 6.07) is 0. The van der Waals surface area contributed by atoms with Gasteiger partial charge in [0.1, 0.15) is 0 Å². The second-order valence-electron chi connectivity index (χ2n) is 2.47. The van der Waals surface area contributed by atoms with Crippen LogP contribution in [-0.2, 0) is 9.59 Å². The molecule has 0 aromatic heterocycles. The highest BCUT2D eigenvalue weighted by Crippen LogP contribution is 2.07. The summed E-state index contributed by atoms with van der Waals surface area (Å²) in [5.74, 6) is -2.41. The summed E-state index contributed by atoms with van der Waals surface area (Å²) in [5, 5.41) is 36.9. The number of carbonyl (C=O) groups is 2. The number of carbonyl (C=O) groups excluding carboxylic acids is 2. The molecular weight excluding hydrogens is 184 g/mol. The van der Waals surface area contributed by atoms with Crippen molar-refractivity contribution in [1.82, 2.24) is 10.4 Å². The van der Waals surface area contributed by atoms with Crippen LogP contribution < -0.4 is 5.32 Å². The van der Waals surface area contributed by atoms with Crippen molar-refractivity contribution in [2.45, 2.75) is 18.6 Å². The van der Waals surface area contributed by atoms with E-state index in [1.807, 2.05) is 0 Å². The Bertz CT molecular complexity index is 219. The third kappa shape index (κ3) is 1.66. The van der Waals surface area contributed by atoms with E-state index < -0.39 is 30.4 Å². The Labute approximate surface area is 72.0 Å². The number of hydrogen-bond acceptors (Lipinski definition) is 7. The number of aliphatic hydroxyl groups excluding tert-OH is 3. The molecule has 1 saturated heterocycles. The highest BCUT2D eigenvalue weighted by atomic mass is 16.6. The topological polar surface area (TPSA) is 130 Å². The van der Waals surface area contributed by atoms with Gasteiger partial charge in [-0.2, -0.15) is 0 Å². The summed E-state index contributed by atoms with van der Waals surface area (Å²) in [6.07, 6.45) is -6.12. The van der Waals surface area contributed by atoms with Crippen LogP contribution in [0.25, 0.3) is 0 Å². The molecule has 0 bridgehead atoms. The standard InChI is InChI=1S/C5H8N2O6/c8-1-2(9)6-3(10)5(12)7(13)4(1)11/h1,4-5,8,11-13H,(H,6,9,10)/t1-,4+,5-/m1/s1. The number of rotatable bonds is 0. The van der Waals surface area contributed by atoms with Crippen LogP contribution in [-0.4, -0.2) is 56.0 Å². The van der Waals surface area contributed by atoms with E-state index in [1.165, 1.54) is 0 Å². The van der Waals surface area contributed by atoms with Crippen LogP contribution >= 0.6 is 0 Å². The summed E-state index contributed by atoms with van der Waals surface area (Å²) in [4.78, 5) is 21.5. The van der Waals surface area contributed by atoms with Gasteiger partial charge in [-0.25, -0.2) is 0 Å². The quantitative estimate of drug-likeness (QED) is 0.250. The number of hydrogen-bond donors (Lipinski definition) is 5. The Morgan fingerprint density at radius 1 is 1.15 bits per heavy atom. The number of nitrogens with zero attached hydrogens (tertiary/aromatic N) is 1. The van der Waals surface area contributed by atoms with E-state index in [4.69, 9.17) is 20.5 Å². The lowest BCUT2D eigenvalue weighted by Crippen LogP contribution is -2.48. The minimum atomic E-state index is -2.09. The van der Waals surface area contributed by atoms with E-state index >= 15 is 0 Å². The minimum Gasteiger partial charge on any atom is -0.379 e. The minimum absolute atomic E-state index is 0.217. The van der Waals surface area contributed by atoms with Gasteiger partial charge in [0.2, 0.25) is 6.23 Å². The molecule has 1 heterocycles. The number of aliphatic hydroxyl groups is 3. The van der Waals surface area contributed by atoms with Gasteiger partial charge in [-0.3, -0.25) is 14.9 Å². The van der Waals surface area contributed by atoms with E-state index in [0.717, 1.165) is 0 Å². The van der Waals surface area contributed by atoms with Crippen molar-refractivity contribution >= 4 is 11.8 Å². The molecule has 8 heteroatoms. The summed E-state index contributed by atoms with van der Waals surface area (Å²) in [7, 11) is 0. The molecule has 0 aromatic carbocycles. The van der Waals surface area contributed by atoms with Gasteiger partial charge in [0.15, 0.2) is 12.3 Å². The van der Waals surface area contributed by atoms with Crippen LogP contribution in [0.1, 0.15) is 0 Å². The first kappa shape index (κ1) is 10.0. The molecule has 8 nitrogen and oxygen atoms in total. The second-order valence-corrected chi connectivity index (χ2v) is 2.47. The molecule has 1 fully saturated rings. The van der Waals surface area contributed by atoms with Crippen molar-refractivity contribution in [3.05, 3.63) is 0 Å². The molecule has 74 valence electrons. The van der Waals surface area contributed by atoms with Crippen molar-refractivity contribution in [3.63, 3.8) is 0 Å². The number of amides is 2. The zero-order valence-corrected chi connectivity index (χ0v) is 6.28. The molecule has 0 saturated carbocycles. The number of hydroxylamine groups is 2. The first-order valence-corrected chi connectivity index (χ1v) is 3.31. The van der Waals surface area contributed by atoms with Gasteiger partial charge in [0.25, 0.3) is 11.8 Å². The fraction of sp³-hybridized carbons (Fsp3) is 0.600. The largest absolute Gasteiger partial charge is 0.379 e. The first-order valence-electron chi connectivity index (χ1n) is 3.31. The van der Waals surface area contributed by atoms with Gasteiger partial charge in [-0.15, -0.1) is 5.06 Å². The predicted octanol–water partition coefficient (Wildman–Crippen LogP) is -3.67. The Balaban J connectivity index is 2.92. The molecule has 3 atom stereocenters. The van der Waals surface area contributed by atoms with Crippen molar-refractivity contribution in [1.29, 1.82) is 0 Å². The third-order valence-electron chi connectivity index (χ3n) is 1.55. The molecule has 0 aromatic rings. The normalized spacial score (nSPS) is 37.1. The van der Waals surface area contributed by atoms with Crippen LogP contribution in [0.5, 0.6) is 0 Å². The molecule has 13 heavy (non-hydrogen) atoms. The van der Waals surface area contributed by atoms with E-state index in [9.17, 15) is 9.59 Å². The van der Waals surface area contributed by atoms with Crippen LogP contribution in [0.3, 0.4) is 0 Å². The highest BCUT2D eigenvalue weighted by Gasteiger charge is 2.40. The monoisotopic (exact) mass is 192 g/mol. The van der Waals surface area contributed by atoms with Crippen molar-refractivity contribution in [2.24, 2.45) is 0 Å². The smallest absolute Gasteiger partial charge is 0.273 e. The van der Waals surface area contributed by atoms with Gasteiger partial charge in [-0.1, -0.05) is 0 Å². The Kier molecular flexibility index (Phi) is 2.59. The molecule has 5 N–H and O–H groups in total. The lowest BCUT2D eigenvalue weighted by molar-refractivity contribution is -0.274. The molecule has 0 aliphatic carbocycles. The summed E-state index contributed by atoms with van der Waals surface area (Å²) >= 11 is 0. The van der Waals surface area contributed by atoms with Crippen LogP contribution in [0, 0.1) is 0 Å². The average Bonchev–Trinajstić information content (AvgIpc) is 2.15.